The predicted octanol–water partition coefficient (Wildman–Crippen LogP) is 2.48. The first-order valence-electron chi connectivity index (χ1n) is 6.26. The van der Waals surface area contributed by atoms with E-state index in [0.717, 1.165) is 6.42 Å². The second-order valence-corrected chi connectivity index (χ2v) is 5.23. The molecule has 1 aliphatic carbocycles. The molecule has 1 N–H and O–H groups in total. The molecule has 1 aliphatic rings. The van der Waals surface area contributed by atoms with Crippen molar-refractivity contribution in [2.75, 3.05) is 0 Å². The first-order chi connectivity index (χ1) is 7.56. The molecular weight excluding hydrogens is 200 g/mol. The van der Waals surface area contributed by atoms with Gasteiger partial charge in [-0.3, -0.25) is 4.79 Å². The zero-order valence-corrected chi connectivity index (χ0v) is 10.5. The van der Waals surface area contributed by atoms with Crippen LogP contribution in [0.25, 0.3) is 0 Å². The predicted molar refractivity (Wildman–Crippen MR) is 63.5 cm³/mol. The smallest absolute Gasteiger partial charge is 0.237 e. The minimum Gasteiger partial charge on any atom is -0.352 e. The maximum atomic E-state index is 11.9. The van der Waals surface area contributed by atoms with Gasteiger partial charge in [-0.15, -0.1) is 0 Å². The molecule has 0 aliphatic heterocycles. The van der Waals surface area contributed by atoms with Gasteiger partial charge in [-0.25, -0.2) is 0 Å². The molecule has 0 heterocycles. The summed E-state index contributed by atoms with van der Waals surface area (Å²) in [6, 6.07) is 2.37. The van der Waals surface area contributed by atoms with E-state index < -0.39 is 5.92 Å². The Morgan fingerprint density at radius 3 is 2.50 bits per heavy atom. The Balaban J connectivity index is 2.52. The molecule has 0 bridgehead atoms. The Morgan fingerprint density at radius 1 is 1.38 bits per heavy atom. The third-order valence-electron chi connectivity index (χ3n) is 3.53. The molecule has 3 unspecified atom stereocenters. The molecule has 1 fully saturated rings. The summed E-state index contributed by atoms with van der Waals surface area (Å²) in [6.45, 7) is 6.01. The van der Waals surface area contributed by atoms with Crippen LogP contribution in [0.4, 0.5) is 0 Å². The van der Waals surface area contributed by atoms with E-state index in [1.54, 1.807) is 0 Å². The summed E-state index contributed by atoms with van der Waals surface area (Å²) in [5.41, 5.74) is 0. The van der Waals surface area contributed by atoms with Gasteiger partial charge in [0.1, 0.15) is 5.92 Å². The highest BCUT2D eigenvalue weighted by Gasteiger charge is 2.27. The Hall–Kier alpha value is -1.04. The van der Waals surface area contributed by atoms with Gasteiger partial charge in [0, 0.05) is 6.04 Å². The van der Waals surface area contributed by atoms with Crippen LogP contribution in [0.15, 0.2) is 0 Å². The van der Waals surface area contributed by atoms with Gasteiger partial charge < -0.3 is 5.32 Å². The van der Waals surface area contributed by atoms with E-state index in [9.17, 15) is 4.79 Å². The standard InChI is InChI=1S/C13H22N2O/c1-9(2)11(8-14)13(16)15-12-7-5-4-6-10(12)3/h9-12H,4-7H2,1-3H3,(H,15,16). The highest BCUT2D eigenvalue weighted by Crippen LogP contribution is 2.24. The van der Waals surface area contributed by atoms with E-state index in [2.05, 4.69) is 18.3 Å². The minimum atomic E-state index is -0.505. The average molecular weight is 222 g/mol. The molecule has 3 nitrogen and oxygen atoms in total. The van der Waals surface area contributed by atoms with Crippen LogP contribution < -0.4 is 5.32 Å². The fraction of sp³-hybridized carbons (Fsp3) is 0.846. The number of nitrogens with one attached hydrogen (secondary N) is 1. The number of rotatable bonds is 3. The van der Waals surface area contributed by atoms with E-state index in [1.165, 1.54) is 19.3 Å². The van der Waals surface area contributed by atoms with Crippen LogP contribution in [0.5, 0.6) is 0 Å². The molecule has 16 heavy (non-hydrogen) atoms. The summed E-state index contributed by atoms with van der Waals surface area (Å²) >= 11 is 0. The molecule has 0 saturated heterocycles. The third-order valence-corrected chi connectivity index (χ3v) is 3.53. The molecule has 3 heteroatoms. The van der Waals surface area contributed by atoms with Gasteiger partial charge in [0.2, 0.25) is 5.91 Å². The van der Waals surface area contributed by atoms with Crippen molar-refractivity contribution >= 4 is 5.91 Å². The maximum absolute atomic E-state index is 11.9. The molecule has 1 saturated carbocycles. The van der Waals surface area contributed by atoms with E-state index in [0.29, 0.717) is 5.92 Å². The second kappa shape index (κ2) is 5.89. The highest BCUT2D eigenvalue weighted by atomic mass is 16.1. The van der Waals surface area contributed by atoms with Crippen molar-refractivity contribution in [3.05, 3.63) is 0 Å². The van der Waals surface area contributed by atoms with E-state index in [1.807, 2.05) is 13.8 Å². The normalized spacial score (nSPS) is 27.2. The molecule has 1 rings (SSSR count). The van der Waals surface area contributed by atoms with Gasteiger partial charge >= 0.3 is 0 Å². The van der Waals surface area contributed by atoms with Crippen LogP contribution in [0.1, 0.15) is 46.5 Å². The van der Waals surface area contributed by atoms with Crippen molar-refractivity contribution in [1.82, 2.24) is 5.32 Å². The molecule has 90 valence electrons. The monoisotopic (exact) mass is 222 g/mol. The number of nitriles is 1. The van der Waals surface area contributed by atoms with Crippen LogP contribution in [0.2, 0.25) is 0 Å². The van der Waals surface area contributed by atoms with E-state index in [4.69, 9.17) is 5.26 Å². The first kappa shape index (κ1) is 13.0. The fourth-order valence-electron chi connectivity index (χ4n) is 2.31. The quantitative estimate of drug-likeness (QED) is 0.797. The molecule has 0 aromatic carbocycles. The Kier molecular flexibility index (Phi) is 4.79. The fourth-order valence-corrected chi connectivity index (χ4v) is 2.31. The van der Waals surface area contributed by atoms with Gasteiger partial charge in [0.05, 0.1) is 6.07 Å². The second-order valence-electron chi connectivity index (χ2n) is 5.23. The lowest BCUT2D eigenvalue weighted by Gasteiger charge is -2.30. The van der Waals surface area contributed by atoms with Crippen molar-refractivity contribution in [3.8, 4) is 6.07 Å². The Labute approximate surface area is 98.2 Å². The molecule has 0 radical (unpaired) electrons. The maximum Gasteiger partial charge on any atom is 0.237 e. The summed E-state index contributed by atoms with van der Waals surface area (Å²) in [5.74, 6) is 0.0403. The minimum absolute atomic E-state index is 0.0868. The summed E-state index contributed by atoms with van der Waals surface area (Å²) in [4.78, 5) is 11.9. The topological polar surface area (TPSA) is 52.9 Å². The van der Waals surface area contributed by atoms with Gasteiger partial charge in [-0.1, -0.05) is 33.6 Å². The van der Waals surface area contributed by atoms with Crippen LogP contribution in [-0.2, 0) is 4.79 Å². The largest absolute Gasteiger partial charge is 0.352 e. The van der Waals surface area contributed by atoms with E-state index in [-0.39, 0.29) is 17.9 Å². The molecule has 1 amide bonds. The highest BCUT2D eigenvalue weighted by molar-refractivity contribution is 5.81. The lowest BCUT2D eigenvalue weighted by Crippen LogP contribution is -2.44. The zero-order valence-electron chi connectivity index (χ0n) is 10.5. The Morgan fingerprint density at radius 2 is 2.00 bits per heavy atom. The number of amides is 1. The number of nitrogens with zero attached hydrogens (tertiary/aromatic N) is 1. The van der Waals surface area contributed by atoms with Crippen molar-refractivity contribution in [3.63, 3.8) is 0 Å². The molecular formula is C13H22N2O. The molecule has 0 spiro atoms. The van der Waals surface area contributed by atoms with Crippen LogP contribution in [0, 0.1) is 29.1 Å². The van der Waals surface area contributed by atoms with Crippen LogP contribution in [-0.4, -0.2) is 11.9 Å². The summed E-state index contributed by atoms with van der Waals surface area (Å²) in [6.07, 6.45) is 4.70. The lowest BCUT2D eigenvalue weighted by molar-refractivity contribution is -0.125. The summed E-state index contributed by atoms with van der Waals surface area (Å²) in [5, 5.41) is 12.0. The average Bonchev–Trinajstić information content (AvgIpc) is 2.22. The molecule has 3 atom stereocenters. The van der Waals surface area contributed by atoms with Gasteiger partial charge in [0.15, 0.2) is 0 Å². The van der Waals surface area contributed by atoms with E-state index >= 15 is 0 Å². The van der Waals surface area contributed by atoms with Crippen molar-refractivity contribution in [2.24, 2.45) is 17.8 Å². The van der Waals surface area contributed by atoms with Crippen molar-refractivity contribution in [1.29, 1.82) is 5.26 Å². The number of hydrogen-bond donors (Lipinski definition) is 1. The van der Waals surface area contributed by atoms with Gasteiger partial charge in [0.25, 0.3) is 0 Å². The number of hydrogen-bond acceptors (Lipinski definition) is 2. The van der Waals surface area contributed by atoms with Crippen molar-refractivity contribution in [2.45, 2.75) is 52.5 Å². The summed E-state index contributed by atoms with van der Waals surface area (Å²) in [7, 11) is 0. The van der Waals surface area contributed by atoms with Gasteiger partial charge in [-0.2, -0.15) is 5.26 Å². The van der Waals surface area contributed by atoms with Crippen LogP contribution in [0.3, 0.4) is 0 Å². The first-order valence-corrected chi connectivity index (χ1v) is 6.26. The molecule has 0 aromatic heterocycles. The summed E-state index contributed by atoms with van der Waals surface area (Å²) < 4.78 is 0. The van der Waals surface area contributed by atoms with Crippen LogP contribution >= 0.6 is 0 Å². The SMILES string of the molecule is CC(C)C(C#N)C(=O)NC1CCCCC1C. The van der Waals surface area contributed by atoms with Gasteiger partial charge in [-0.05, 0) is 24.7 Å². The third kappa shape index (κ3) is 3.23. The zero-order chi connectivity index (χ0) is 12.1. The number of carbonyl (C=O) groups is 1. The lowest BCUT2D eigenvalue weighted by atomic mass is 9.85. The Bertz CT molecular complexity index is 280. The van der Waals surface area contributed by atoms with Crippen molar-refractivity contribution < 1.29 is 4.79 Å². The molecule has 0 aromatic rings. The number of carbonyl (C=O) groups excluding carboxylic acids is 1.